The molecule has 2 fully saturated rings. The molecule has 1 amide bonds. The normalized spacial score (nSPS) is 30.0. The van der Waals surface area contributed by atoms with Crippen LogP contribution < -0.4 is 5.32 Å². The molecule has 2 rings (SSSR count). The molecule has 0 radical (unpaired) electrons. The minimum absolute atomic E-state index is 0.220. The van der Waals surface area contributed by atoms with Gasteiger partial charge in [0, 0.05) is 6.42 Å². The van der Waals surface area contributed by atoms with Crippen molar-refractivity contribution in [1.29, 1.82) is 0 Å². The standard InChI is InChI=1S/C40H77NO13/c1-3-5-7-9-10-11-12-13-14-15-16-17-18-20-21-23-29(44)28(41-32(45)24-22-19-8-6-4-2)27-51-39-37(50)35(48)38(31(26-43)53-39)54-40-36(49)34(47)33(46)30(25-42)52-40/h28-31,33-40,42-44,46-50H,3-27H2,1-2H3,(H,41,45). The van der Waals surface area contributed by atoms with Crippen molar-refractivity contribution in [3.05, 3.63) is 0 Å². The smallest absolute Gasteiger partial charge is 0.220 e. The molecule has 0 aromatic heterocycles. The quantitative estimate of drug-likeness (QED) is 0.0462. The molecule has 0 aliphatic carbocycles. The summed E-state index contributed by atoms with van der Waals surface area (Å²) >= 11 is 0. The molecule has 320 valence electrons. The van der Waals surface area contributed by atoms with E-state index in [9.17, 15) is 45.6 Å². The molecule has 12 unspecified atom stereocenters. The molecule has 2 aliphatic heterocycles. The average molecular weight is 780 g/mol. The SMILES string of the molecule is CCCCCCCCCCCCCCCCCC(O)C(COC1OC(CO)C(OC2OC(CO)C(O)C(O)C2O)C(O)C1O)NC(=O)CCCCCCC. The predicted octanol–water partition coefficient (Wildman–Crippen LogP) is 3.09. The highest BCUT2D eigenvalue weighted by atomic mass is 16.7. The molecule has 14 heteroatoms. The Kier molecular flexibility index (Phi) is 26.6. The first-order valence-corrected chi connectivity index (χ1v) is 21.3. The van der Waals surface area contributed by atoms with Gasteiger partial charge >= 0.3 is 0 Å². The van der Waals surface area contributed by atoms with Gasteiger partial charge in [0.25, 0.3) is 0 Å². The Bertz CT molecular complexity index is 930. The largest absolute Gasteiger partial charge is 0.394 e. The molecule has 0 aromatic rings. The summed E-state index contributed by atoms with van der Waals surface area (Å²) in [6.07, 6.45) is 7.41. The van der Waals surface area contributed by atoms with E-state index in [4.69, 9.17) is 18.9 Å². The molecule has 12 atom stereocenters. The Morgan fingerprint density at radius 2 is 1.06 bits per heavy atom. The van der Waals surface area contributed by atoms with E-state index in [0.29, 0.717) is 12.8 Å². The van der Waals surface area contributed by atoms with Crippen molar-refractivity contribution in [1.82, 2.24) is 5.32 Å². The number of carbonyl (C=O) groups excluding carboxylic acids is 1. The van der Waals surface area contributed by atoms with Crippen LogP contribution >= 0.6 is 0 Å². The second-order valence-corrected chi connectivity index (χ2v) is 15.5. The van der Waals surface area contributed by atoms with Crippen LogP contribution in [0.2, 0.25) is 0 Å². The lowest BCUT2D eigenvalue weighted by Gasteiger charge is -2.46. The molecule has 2 saturated heterocycles. The van der Waals surface area contributed by atoms with Gasteiger partial charge in [0.1, 0.15) is 48.8 Å². The third-order valence-electron chi connectivity index (χ3n) is 10.8. The molecule has 0 bridgehead atoms. The van der Waals surface area contributed by atoms with Crippen molar-refractivity contribution in [3.63, 3.8) is 0 Å². The van der Waals surface area contributed by atoms with Crippen molar-refractivity contribution in [3.8, 4) is 0 Å². The number of carbonyl (C=O) groups is 1. The van der Waals surface area contributed by atoms with Gasteiger partial charge in [-0.25, -0.2) is 0 Å². The summed E-state index contributed by atoms with van der Waals surface area (Å²) in [6, 6.07) is -0.816. The first-order chi connectivity index (χ1) is 26.1. The zero-order valence-corrected chi connectivity index (χ0v) is 33.2. The maximum atomic E-state index is 12.9. The summed E-state index contributed by atoms with van der Waals surface area (Å²) in [7, 11) is 0. The highest BCUT2D eigenvalue weighted by Crippen LogP contribution is 2.30. The summed E-state index contributed by atoms with van der Waals surface area (Å²) in [5.41, 5.74) is 0. The fourth-order valence-corrected chi connectivity index (χ4v) is 7.23. The first kappa shape index (κ1) is 49.1. The summed E-state index contributed by atoms with van der Waals surface area (Å²) in [5, 5.41) is 86.1. The van der Waals surface area contributed by atoms with E-state index in [-0.39, 0.29) is 12.5 Å². The van der Waals surface area contributed by atoms with E-state index in [2.05, 4.69) is 19.2 Å². The number of amides is 1. The maximum Gasteiger partial charge on any atom is 0.220 e. The number of aliphatic hydroxyl groups excluding tert-OH is 8. The molecule has 14 nitrogen and oxygen atoms in total. The summed E-state index contributed by atoms with van der Waals surface area (Å²) in [5.74, 6) is -0.220. The van der Waals surface area contributed by atoms with Crippen molar-refractivity contribution in [2.24, 2.45) is 0 Å². The lowest BCUT2D eigenvalue weighted by atomic mass is 9.97. The third kappa shape index (κ3) is 18.1. The van der Waals surface area contributed by atoms with E-state index in [1.807, 2.05) is 0 Å². The fraction of sp³-hybridized carbons (Fsp3) is 0.975. The first-order valence-electron chi connectivity index (χ1n) is 21.3. The van der Waals surface area contributed by atoms with Gasteiger partial charge in [0.15, 0.2) is 12.6 Å². The number of hydrogen-bond acceptors (Lipinski definition) is 13. The fourth-order valence-electron chi connectivity index (χ4n) is 7.23. The molecular formula is C40H77NO13. The lowest BCUT2D eigenvalue weighted by Crippen LogP contribution is -2.65. The topological polar surface area (TPSA) is 228 Å². The highest BCUT2D eigenvalue weighted by Gasteiger charge is 2.50. The Balaban J connectivity index is 1.85. The van der Waals surface area contributed by atoms with Gasteiger partial charge in [-0.05, 0) is 12.8 Å². The molecule has 2 aliphatic rings. The van der Waals surface area contributed by atoms with Gasteiger partial charge in [-0.3, -0.25) is 4.79 Å². The van der Waals surface area contributed by atoms with Crippen LogP contribution in [0.4, 0.5) is 0 Å². The van der Waals surface area contributed by atoms with Gasteiger partial charge in [0.2, 0.25) is 5.91 Å². The molecule has 0 spiro atoms. The van der Waals surface area contributed by atoms with Crippen LogP contribution in [0.3, 0.4) is 0 Å². The second-order valence-electron chi connectivity index (χ2n) is 15.5. The number of rotatable bonds is 31. The second kappa shape index (κ2) is 29.2. The van der Waals surface area contributed by atoms with Crippen LogP contribution in [0.5, 0.6) is 0 Å². The minimum Gasteiger partial charge on any atom is -0.394 e. The van der Waals surface area contributed by atoms with E-state index in [1.165, 1.54) is 70.6 Å². The van der Waals surface area contributed by atoms with E-state index in [0.717, 1.165) is 57.8 Å². The minimum atomic E-state index is -1.78. The lowest BCUT2D eigenvalue weighted by molar-refractivity contribution is -0.359. The number of nitrogens with one attached hydrogen (secondary N) is 1. The van der Waals surface area contributed by atoms with Gasteiger partial charge < -0.3 is 65.1 Å². The number of ether oxygens (including phenoxy) is 4. The van der Waals surface area contributed by atoms with Crippen molar-refractivity contribution >= 4 is 5.91 Å². The van der Waals surface area contributed by atoms with Crippen molar-refractivity contribution in [2.45, 2.75) is 229 Å². The third-order valence-corrected chi connectivity index (χ3v) is 10.8. The monoisotopic (exact) mass is 780 g/mol. The van der Waals surface area contributed by atoms with Crippen LogP contribution in [-0.4, -0.2) is 140 Å². The van der Waals surface area contributed by atoms with E-state index in [1.54, 1.807) is 0 Å². The van der Waals surface area contributed by atoms with Gasteiger partial charge in [0.05, 0.1) is 32.0 Å². The van der Waals surface area contributed by atoms with Gasteiger partial charge in [-0.1, -0.05) is 136 Å². The van der Waals surface area contributed by atoms with Gasteiger partial charge in [-0.15, -0.1) is 0 Å². The predicted molar refractivity (Wildman–Crippen MR) is 203 cm³/mol. The Morgan fingerprint density at radius 1 is 0.593 bits per heavy atom. The zero-order valence-electron chi connectivity index (χ0n) is 33.2. The molecular weight excluding hydrogens is 702 g/mol. The van der Waals surface area contributed by atoms with Crippen LogP contribution in [0.15, 0.2) is 0 Å². The summed E-state index contributed by atoms with van der Waals surface area (Å²) < 4.78 is 22.6. The number of hydrogen-bond donors (Lipinski definition) is 9. The van der Waals surface area contributed by atoms with Crippen LogP contribution in [0.25, 0.3) is 0 Å². The van der Waals surface area contributed by atoms with Crippen LogP contribution in [0, 0.1) is 0 Å². The number of aliphatic hydroxyl groups is 8. The average Bonchev–Trinajstić information content (AvgIpc) is 3.17. The van der Waals surface area contributed by atoms with Crippen molar-refractivity contribution in [2.75, 3.05) is 19.8 Å². The highest BCUT2D eigenvalue weighted by molar-refractivity contribution is 5.76. The van der Waals surface area contributed by atoms with Crippen LogP contribution in [-0.2, 0) is 23.7 Å². The van der Waals surface area contributed by atoms with E-state index < -0.39 is 86.8 Å². The maximum absolute atomic E-state index is 12.9. The summed E-state index contributed by atoms with van der Waals surface area (Å²) in [6.45, 7) is 2.73. The van der Waals surface area contributed by atoms with Crippen LogP contribution in [0.1, 0.15) is 155 Å². The van der Waals surface area contributed by atoms with E-state index >= 15 is 0 Å². The van der Waals surface area contributed by atoms with Gasteiger partial charge in [-0.2, -0.15) is 0 Å². The number of unbranched alkanes of at least 4 members (excludes halogenated alkanes) is 18. The zero-order chi connectivity index (χ0) is 39.7. The summed E-state index contributed by atoms with van der Waals surface area (Å²) in [4.78, 5) is 12.9. The molecule has 0 saturated carbocycles. The molecule has 54 heavy (non-hydrogen) atoms. The molecule has 0 aromatic carbocycles. The molecule has 2 heterocycles. The molecule has 9 N–H and O–H groups in total. The Labute approximate surface area is 323 Å². The Morgan fingerprint density at radius 3 is 1.57 bits per heavy atom. The van der Waals surface area contributed by atoms with Crippen molar-refractivity contribution < 1.29 is 64.6 Å². The Hall–Kier alpha value is -1.01.